The monoisotopic (exact) mass is 390 g/mol. The summed E-state index contributed by atoms with van der Waals surface area (Å²) in [5.41, 5.74) is -1.52. The van der Waals surface area contributed by atoms with Gasteiger partial charge in [-0.2, -0.15) is 22.0 Å². The second-order valence-electron chi connectivity index (χ2n) is 7.91. The van der Waals surface area contributed by atoms with Crippen molar-refractivity contribution in [3.05, 3.63) is 0 Å². The number of hydrogen-bond acceptors (Lipinski definition) is 4. The molecule has 0 aromatic carbocycles. The highest BCUT2D eigenvalue weighted by Crippen LogP contribution is 2.36. The summed E-state index contributed by atoms with van der Waals surface area (Å²) in [7, 11) is 0. The standard InChI is InChI=1S/C17H27F5O4/c1-7-11(13(24)25-10-16(18,19)17(20,21)22)15(5,6)26-12(23)8-9-14(2,3)4/h11H,7-10H2,1-6H3. The minimum Gasteiger partial charge on any atom is -0.459 e. The Morgan fingerprint density at radius 2 is 1.46 bits per heavy atom. The Bertz CT molecular complexity index is 492. The zero-order valence-corrected chi connectivity index (χ0v) is 15.9. The van der Waals surface area contributed by atoms with Gasteiger partial charge in [-0.1, -0.05) is 27.7 Å². The van der Waals surface area contributed by atoms with Crippen molar-refractivity contribution in [2.75, 3.05) is 6.61 Å². The minimum absolute atomic E-state index is 0.0377. The molecular formula is C17H27F5O4. The van der Waals surface area contributed by atoms with Crippen LogP contribution in [0.1, 0.15) is 60.8 Å². The molecule has 0 bridgehead atoms. The van der Waals surface area contributed by atoms with Gasteiger partial charge in [0.25, 0.3) is 0 Å². The van der Waals surface area contributed by atoms with E-state index in [1.54, 1.807) is 0 Å². The van der Waals surface area contributed by atoms with Gasteiger partial charge in [0.05, 0.1) is 5.92 Å². The molecule has 0 N–H and O–H groups in total. The van der Waals surface area contributed by atoms with Crippen LogP contribution in [0, 0.1) is 11.3 Å². The normalized spacial score (nSPS) is 14.7. The van der Waals surface area contributed by atoms with Crippen LogP contribution in [0.15, 0.2) is 0 Å². The van der Waals surface area contributed by atoms with Crippen LogP contribution in [0.25, 0.3) is 0 Å². The maximum atomic E-state index is 12.9. The molecule has 9 heteroatoms. The molecule has 26 heavy (non-hydrogen) atoms. The Labute approximate surface area is 150 Å². The number of ether oxygens (including phenoxy) is 2. The zero-order valence-electron chi connectivity index (χ0n) is 15.9. The van der Waals surface area contributed by atoms with Gasteiger partial charge in [-0.05, 0) is 32.1 Å². The Hall–Kier alpha value is -1.41. The number of carbonyl (C=O) groups excluding carboxylic acids is 2. The quantitative estimate of drug-likeness (QED) is 0.437. The van der Waals surface area contributed by atoms with Crippen molar-refractivity contribution in [2.24, 2.45) is 11.3 Å². The van der Waals surface area contributed by atoms with Crippen molar-refractivity contribution in [3.63, 3.8) is 0 Å². The van der Waals surface area contributed by atoms with Crippen LogP contribution in [-0.2, 0) is 19.1 Å². The molecule has 0 spiro atoms. The van der Waals surface area contributed by atoms with Crippen LogP contribution < -0.4 is 0 Å². The lowest BCUT2D eigenvalue weighted by molar-refractivity contribution is -0.294. The molecular weight excluding hydrogens is 363 g/mol. The largest absolute Gasteiger partial charge is 0.459 e. The molecule has 0 fully saturated rings. The number of hydrogen-bond donors (Lipinski definition) is 0. The molecule has 1 atom stereocenters. The van der Waals surface area contributed by atoms with E-state index < -0.39 is 42.2 Å². The Morgan fingerprint density at radius 3 is 1.85 bits per heavy atom. The Balaban J connectivity index is 4.91. The molecule has 0 saturated carbocycles. The van der Waals surface area contributed by atoms with Gasteiger partial charge in [-0.3, -0.25) is 9.59 Å². The van der Waals surface area contributed by atoms with E-state index in [9.17, 15) is 31.5 Å². The highest BCUT2D eigenvalue weighted by Gasteiger charge is 2.58. The number of alkyl halides is 5. The summed E-state index contributed by atoms with van der Waals surface area (Å²) < 4.78 is 71.6. The van der Waals surface area contributed by atoms with E-state index in [1.165, 1.54) is 20.8 Å². The predicted octanol–water partition coefficient (Wildman–Crippen LogP) is 4.90. The molecule has 0 saturated heterocycles. The van der Waals surface area contributed by atoms with Gasteiger partial charge < -0.3 is 9.47 Å². The SMILES string of the molecule is CCC(C(=O)OCC(F)(F)C(F)(F)F)C(C)(C)OC(=O)CCC(C)(C)C. The molecule has 154 valence electrons. The van der Waals surface area contributed by atoms with E-state index in [2.05, 4.69) is 4.74 Å². The highest BCUT2D eigenvalue weighted by atomic mass is 19.4. The van der Waals surface area contributed by atoms with Crippen LogP contribution in [0.4, 0.5) is 22.0 Å². The lowest BCUT2D eigenvalue weighted by Gasteiger charge is -2.32. The number of carbonyl (C=O) groups is 2. The molecule has 0 heterocycles. The molecule has 0 rings (SSSR count). The maximum absolute atomic E-state index is 12.9. The average Bonchev–Trinajstić information content (AvgIpc) is 2.41. The first-order valence-electron chi connectivity index (χ1n) is 8.26. The van der Waals surface area contributed by atoms with Gasteiger partial charge in [-0.25, -0.2) is 0 Å². The van der Waals surface area contributed by atoms with Crippen LogP contribution in [0.2, 0.25) is 0 Å². The molecule has 0 radical (unpaired) electrons. The summed E-state index contributed by atoms with van der Waals surface area (Å²) >= 11 is 0. The van der Waals surface area contributed by atoms with E-state index in [-0.39, 0.29) is 18.3 Å². The molecule has 0 amide bonds. The van der Waals surface area contributed by atoms with Gasteiger partial charge in [0.2, 0.25) is 0 Å². The van der Waals surface area contributed by atoms with Crippen molar-refractivity contribution in [1.82, 2.24) is 0 Å². The van der Waals surface area contributed by atoms with Gasteiger partial charge in [0.1, 0.15) is 5.60 Å². The van der Waals surface area contributed by atoms with Gasteiger partial charge in [0.15, 0.2) is 6.61 Å². The molecule has 0 aliphatic heterocycles. The number of halogens is 5. The van der Waals surface area contributed by atoms with Crippen LogP contribution >= 0.6 is 0 Å². The van der Waals surface area contributed by atoms with Gasteiger partial charge >= 0.3 is 24.0 Å². The number of esters is 2. The van der Waals surface area contributed by atoms with Crippen LogP contribution in [-0.4, -0.2) is 36.2 Å². The summed E-state index contributed by atoms with van der Waals surface area (Å²) in [5, 5.41) is 0. The maximum Gasteiger partial charge on any atom is 0.456 e. The first-order valence-corrected chi connectivity index (χ1v) is 8.26. The highest BCUT2D eigenvalue weighted by molar-refractivity contribution is 5.75. The third kappa shape index (κ3) is 7.86. The summed E-state index contributed by atoms with van der Waals surface area (Å²) in [6.45, 7) is 7.96. The molecule has 0 aliphatic rings. The fourth-order valence-corrected chi connectivity index (χ4v) is 2.18. The smallest absolute Gasteiger partial charge is 0.456 e. The van der Waals surface area contributed by atoms with E-state index in [4.69, 9.17) is 4.74 Å². The van der Waals surface area contributed by atoms with E-state index in [0.717, 1.165) is 0 Å². The molecule has 4 nitrogen and oxygen atoms in total. The molecule has 0 aromatic heterocycles. The third-order valence-electron chi connectivity index (χ3n) is 3.80. The first kappa shape index (κ1) is 24.6. The van der Waals surface area contributed by atoms with E-state index >= 15 is 0 Å². The minimum atomic E-state index is -5.82. The van der Waals surface area contributed by atoms with Gasteiger partial charge in [-0.15, -0.1) is 0 Å². The Morgan fingerprint density at radius 1 is 0.962 bits per heavy atom. The first-order chi connectivity index (χ1) is 11.4. The van der Waals surface area contributed by atoms with Crippen molar-refractivity contribution < 1.29 is 41.0 Å². The second-order valence-corrected chi connectivity index (χ2v) is 7.91. The van der Waals surface area contributed by atoms with E-state index in [1.807, 2.05) is 20.8 Å². The number of rotatable bonds is 8. The topological polar surface area (TPSA) is 52.6 Å². The fraction of sp³-hybridized carbons (Fsp3) is 0.882. The van der Waals surface area contributed by atoms with Crippen molar-refractivity contribution in [3.8, 4) is 0 Å². The van der Waals surface area contributed by atoms with Crippen molar-refractivity contribution in [2.45, 2.75) is 78.5 Å². The summed E-state index contributed by atoms with van der Waals surface area (Å²) in [5.74, 6) is -8.18. The van der Waals surface area contributed by atoms with Crippen LogP contribution in [0.5, 0.6) is 0 Å². The summed E-state index contributed by atoms with van der Waals surface area (Å²) in [6, 6.07) is 0. The average molecular weight is 390 g/mol. The van der Waals surface area contributed by atoms with Gasteiger partial charge in [0, 0.05) is 6.42 Å². The van der Waals surface area contributed by atoms with Crippen molar-refractivity contribution in [1.29, 1.82) is 0 Å². The molecule has 1 unspecified atom stereocenters. The lowest BCUT2D eigenvalue weighted by Crippen LogP contribution is -2.45. The fourth-order valence-electron chi connectivity index (χ4n) is 2.18. The van der Waals surface area contributed by atoms with E-state index in [0.29, 0.717) is 6.42 Å². The zero-order chi connectivity index (χ0) is 21.0. The van der Waals surface area contributed by atoms with Crippen molar-refractivity contribution >= 4 is 11.9 Å². The lowest BCUT2D eigenvalue weighted by atomic mass is 9.88. The molecule has 0 aliphatic carbocycles. The Kier molecular flexibility index (Phi) is 8.06. The second kappa shape index (κ2) is 8.52. The third-order valence-corrected chi connectivity index (χ3v) is 3.80. The molecule has 0 aromatic rings. The van der Waals surface area contributed by atoms with Crippen LogP contribution in [0.3, 0.4) is 0 Å². The predicted molar refractivity (Wildman–Crippen MR) is 84.6 cm³/mol. The summed E-state index contributed by atoms with van der Waals surface area (Å²) in [6.07, 6.45) is -5.16. The summed E-state index contributed by atoms with van der Waals surface area (Å²) in [4.78, 5) is 23.9.